The zero-order chi connectivity index (χ0) is 14.1. The van der Waals surface area contributed by atoms with Gasteiger partial charge in [-0.15, -0.1) is 5.10 Å². The molecule has 6 nitrogen and oxygen atoms in total. The topological polar surface area (TPSA) is 86.7 Å². The summed E-state index contributed by atoms with van der Waals surface area (Å²) >= 11 is 0. The number of nitrogens with two attached hydrogens (primary N) is 1. The zero-order valence-electron chi connectivity index (χ0n) is 10.7. The summed E-state index contributed by atoms with van der Waals surface area (Å²) < 4.78 is 26.5. The fraction of sp³-hybridized carbons (Fsp3) is 0.417. The first-order chi connectivity index (χ1) is 9.63. The van der Waals surface area contributed by atoms with E-state index in [2.05, 4.69) is 15.5 Å². The van der Waals surface area contributed by atoms with Crippen LogP contribution in [0.1, 0.15) is 18.9 Å². The Bertz CT molecular complexity index is 629. The Kier molecular flexibility index (Phi) is 3.47. The number of nitrogen functional groups attached to an aromatic ring is 1. The summed E-state index contributed by atoms with van der Waals surface area (Å²) in [5.41, 5.74) is 6.54. The van der Waals surface area contributed by atoms with Gasteiger partial charge in [0.25, 0.3) is 0 Å². The monoisotopic (exact) mass is 295 g/mol. The molecule has 0 radical (unpaired) electrons. The summed E-state index contributed by atoms with van der Waals surface area (Å²) in [7, 11) is -0.743. The van der Waals surface area contributed by atoms with Crippen molar-refractivity contribution in [2.24, 2.45) is 0 Å². The first-order valence-electron chi connectivity index (χ1n) is 6.33. The van der Waals surface area contributed by atoms with Crippen LogP contribution >= 0.6 is 0 Å². The maximum atomic E-state index is 13.4. The molecule has 20 heavy (non-hydrogen) atoms. The standard InChI is InChI=1S/C12H14FN5OS/c13-9-5-8(6-10(14)7-9)12-15-16-17-18(12)11-1-3-20(19)4-2-11/h5-7,11H,1-4,14H2. The number of nitrogens with zero attached hydrogens (tertiary/aromatic N) is 4. The van der Waals surface area contributed by atoms with E-state index < -0.39 is 16.6 Å². The summed E-state index contributed by atoms with van der Waals surface area (Å²) in [6.45, 7) is 0. The van der Waals surface area contributed by atoms with E-state index in [-0.39, 0.29) is 6.04 Å². The van der Waals surface area contributed by atoms with E-state index >= 15 is 0 Å². The van der Waals surface area contributed by atoms with Crippen molar-refractivity contribution in [2.45, 2.75) is 18.9 Å². The summed E-state index contributed by atoms with van der Waals surface area (Å²) in [5, 5.41) is 11.6. The van der Waals surface area contributed by atoms with Gasteiger partial charge in [0, 0.05) is 33.6 Å². The van der Waals surface area contributed by atoms with Crippen LogP contribution in [0.4, 0.5) is 10.1 Å². The van der Waals surface area contributed by atoms with Crippen LogP contribution in [0.25, 0.3) is 11.4 Å². The number of tetrazole rings is 1. The van der Waals surface area contributed by atoms with Gasteiger partial charge in [0.1, 0.15) is 5.82 Å². The molecule has 2 N–H and O–H groups in total. The Morgan fingerprint density at radius 1 is 1.30 bits per heavy atom. The molecule has 2 heterocycles. The average molecular weight is 295 g/mol. The second-order valence-corrected chi connectivity index (χ2v) is 6.50. The molecule has 8 heteroatoms. The highest BCUT2D eigenvalue weighted by Crippen LogP contribution is 2.27. The molecule has 1 aromatic carbocycles. The molecule has 0 bridgehead atoms. The minimum atomic E-state index is -0.743. The molecule has 106 valence electrons. The van der Waals surface area contributed by atoms with Gasteiger partial charge in [0.2, 0.25) is 0 Å². The fourth-order valence-corrected chi connectivity index (χ4v) is 3.67. The first kappa shape index (κ1) is 13.2. The number of anilines is 1. The van der Waals surface area contributed by atoms with Gasteiger partial charge in [-0.2, -0.15) is 0 Å². The third-order valence-corrected chi connectivity index (χ3v) is 4.76. The zero-order valence-corrected chi connectivity index (χ0v) is 11.5. The summed E-state index contributed by atoms with van der Waals surface area (Å²) in [6, 6.07) is 4.36. The van der Waals surface area contributed by atoms with Crippen LogP contribution in [0, 0.1) is 5.82 Å². The highest BCUT2D eigenvalue weighted by molar-refractivity contribution is 7.85. The molecule has 1 aromatic heterocycles. The van der Waals surface area contributed by atoms with Crippen molar-refractivity contribution in [3.63, 3.8) is 0 Å². The van der Waals surface area contributed by atoms with Gasteiger partial charge in [0.05, 0.1) is 6.04 Å². The highest BCUT2D eigenvalue weighted by Gasteiger charge is 2.23. The van der Waals surface area contributed by atoms with Crippen LogP contribution in [-0.4, -0.2) is 35.9 Å². The Labute approximate surface area is 117 Å². The van der Waals surface area contributed by atoms with E-state index in [4.69, 9.17) is 5.73 Å². The lowest BCUT2D eigenvalue weighted by Gasteiger charge is -2.22. The first-order valence-corrected chi connectivity index (χ1v) is 7.81. The van der Waals surface area contributed by atoms with Crippen LogP contribution in [0.3, 0.4) is 0 Å². The number of rotatable bonds is 2. The Balaban J connectivity index is 1.95. The van der Waals surface area contributed by atoms with Gasteiger partial charge in [-0.05, 0) is 41.5 Å². The number of hydrogen-bond acceptors (Lipinski definition) is 5. The van der Waals surface area contributed by atoms with Crippen molar-refractivity contribution >= 4 is 16.5 Å². The molecular formula is C12H14FN5OS. The molecular weight excluding hydrogens is 281 g/mol. The minimum Gasteiger partial charge on any atom is -0.399 e. The molecule has 0 spiro atoms. The molecule has 3 rings (SSSR count). The summed E-state index contributed by atoms with van der Waals surface area (Å²) in [5.74, 6) is 1.37. The van der Waals surface area contributed by atoms with Gasteiger partial charge >= 0.3 is 0 Å². The normalized spacial score (nSPS) is 22.9. The average Bonchev–Trinajstić information content (AvgIpc) is 2.87. The molecule has 0 aliphatic carbocycles. The number of hydrogen-bond donors (Lipinski definition) is 1. The van der Waals surface area contributed by atoms with Crippen molar-refractivity contribution in [3.8, 4) is 11.4 Å². The predicted molar refractivity (Wildman–Crippen MR) is 73.8 cm³/mol. The molecule has 0 saturated carbocycles. The van der Waals surface area contributed by atoms with Crippen molar-refractivity contribution in [2.75, 3.05) is 17.2 Å². The molecule has 1 aliphatic rings. The maximum absolute atomic E-state index is 13.4. The second kappa shape index (κ2) is 5.28. The van der Waals surface area contributed by atoms with Gasteiger partial charge < -0.3 is 5.73 Å². The van der Waals surface area contributed by atoms with Crippen LogP contribution in [0.5, 0.6) is 0 Å². The molecule has 0 unspecified atom stereocenters. The van der Waals surface area contributed by atoms with Crippen molar-refractivity contribution in [1.82, 2.24) is 20.2 Å². The molecule has 1 fully saturated rings. The smallest absolute Gasteiger partial charge is 0.182 e. The molecule has 1 aliphatic heterocycles. The number of halogens is 1. The maximum Gasteiger partial charge on any atom is 0.182 e. The Morgan fingerprint density at radius 2 is 2.05 bits per heavy atom. The largest absolute Gasteiger partial charge is 0.399 e. The fourth-order valence-electron chi connectivity index (χ4n) is 2.40. The molecule has 1 saturated heterocycles. The minimum absolute atomic E-state index is 0.0993. The van der Waals surface area contributed by atoms with E-state index in [1.807, 2.05) is 0 Å². The van der Waals surface area contributed by atoms with E-state index in [0.717, 1.165) is 12.8 Å². The summed E-state index contributed by atoms with van der Waals surface area (Å²) in [4.78, 5) is 0. The Morgan fingerprint density at radius 3 is 2.75 bits per heavy atom. The van der Waals surface area contributed by atoms with Gasteiger partial charge in [-0.3, -0.25) is 4.21 Å². The van der Waals surface area contributed by atoms with Crippen molar-refractivity contribution in [1.29, 1.82) is 0 Å². The predicted octanol–water partition coefficient (Wildman–Crippen LogP) is 1.15. The summed E-state index contributed by atoms with van der Waals surface area (Å²) in [6.07, 6.45) is 1.52. The highest BCUT2D eigenvalue weighted by atomic mass is 32.2. The van der Waals surface area contributed by atoms with Crippen LogP contribution in [0.15, 0.2) is 18.2 Å². The van der Waals surface area contributed by atoms with Crippen molar-refractivity contribution < 1.29 is 8.60 Å². The number of aromatic nitrogens is 4. The van der Waals surface area contributed by atoms with E-state index in [9.17, 15) is 8.60 Å². The van der Waals surface area contributed by atoms with Crippen LogP contribution < -0.4 is 5.73 Å². The van der Waals surface area contributed by atoms with Crippen LogP contribution in [-0.2, 0) is 10.8 Å². The lowest BCUT2D eigenvalue weighted by molar-refractivity contribution is 0.415. The Hall–Kier alpha value is -1.83. The lowest BCUT2D eigenvalue weighted by atomic mass is 10.1. The quantitative estimate of drug-likeness (QED) is 0.840. The SMILES string of the molecule is Nc1cc(F)cc(-c2nnnn2C2CCS(=O)CC2)c1. The molecule has 0 amide bonds. The molecule has 2 aromatic rings. The van der Waals surface area contributed by atoms with E-state index in [1.54, 1.807) is 10.7 Å². The van der Waals surface area contributed by atoms with E-state index in [0.29, 0.717) is 28.6 Å². The second-order valence-electron chi connectivity index (χ2n) is 4.80. The van der Waals surface area contributed by atoms with Gasteiger partial charge in [-0.25, -0.2) is 9.07 Å². The van der Waals surface area contributed by atoms with Crippen molar-refractivity contribution in [3.05, 3.63) is 24.0 Å². The number of benzene rings is 1. The van der Waals surface area contributed by atoms with E-state index in [1.165, 1.54) is 12.1 Å². The lowest BCUT2D eigenvalue weighted by Crippen LogP contribution is -2.23. The van der Waals surface area contributed by atoms with Crippen LogP contribution in [0.2, 0.25) is 0 Å². The molecule has 0 atom stereocenters. The third kappa shape index (κ3) is 2.55. The van der Waals surface area contributed by atoms with Gasteiger partial charge in [0.15, 0.2) is 5.82 Å². The van der Waals surface area contributed by atoms with Gasteiger partial charge in [-0.1, -0.05) is 0 Å². The third-order valence-electron chi connectivity index (χ3n) is 3.37.